The van der Waals surface area contributed by atoms with Gasteiger partial charge in [-0.3, -0.25) is 4.79 Å². The van der Waals surface area contributed by atoms with E-state index >= 15 is 0 Å². The molecule has 0 spiro atoms. The zero-order valence-corrected chi connectivity index (χ0v) is 11.1. The van der Waals surface area contributed by atoms with E-state index in [1.54, 1.807) is 36.5 Å². The first-order valence-electron chi connectivity index (χ1n) is 5.97. The monoisotopic (exact) mass is 287 g/mol. The van der Waals surface area contributed by atoms with Gasteiger partial charge in [0.25, 0.3) is 5.71 Å². The molecule has 2 heterocycles. The highest BCUT2D eigenvalue weighted by Crippen LogP contribution is 2.20. The van der Waals surface area contributed by atoms with Crippen LogP contribution in [0.2, 0.25) is 5.02 Å². The van der Waals surface area contributed by atoms with Gasteiger partial charge in [0.2, 0.25) is 5.91 Å². The number of pyridine rings is 1. The van der Waals surface area contributed by atoms with Gasteiger partial charge in [0.05, 0.1) is 11.8 Å². The molecule has 0 fully saturated rings. The van der Waals surface area contributed by atoms with Gasteiger partial charge < -0.3 is 9.84 Å². The van der Waals surface area contributed by atoms with Crippen molar-refractivity contribution in [3.8, 4) is 0 Å². The first-order chi connectivity index (χ1) is 9.72. The number of hydrogen-bond acceptors (Lipinski definition) is 4. The molecule has 20 heavy (non-hydrogen) atoms. The fourth-order valence-corrected chi connectivity index (χ4v) is 2.09. The van der Waals surface area contributed by atoms with Gasteiger partial charge in [0.15, 0.2) is 5.82 Å². The molecule has 5 nitrogen and oxygen atoms in total. The maximum Gasteiger partial charge on any atom is 0.259 e. The van der Waals surface area contributed by atoms with Gasteiger partial charge in [-0.05, 0) is 29.8 Å². The molecule has 100 valence electrons. The summed E-state index contributed by atoms with van der Waals surface area (Å²) in [7, 11) is 0. The van der Waals surface area contributed by atoms with Crippen LogP contribution in [-0.4, -0.2) is 16.0 Å². The highest BCUT2D eigenvalue weighted by molar-refractivity contribution is 6.30. The maximum atomic E-state index is 12.0. The van der Waals surface area contributed by atoms with Crippen LogP contribution in [0.5, 0.6) is 0 Å². The van der Waals surface area contributed by atoms with Crippen LogP contribution in [0.3, 0.4) is 0 Å². The summed E-state index contributed by atoms with van der Waals surface area (Å²) in [6, 6.07) is 10.7. The summed E-state index contributed by atoms with van der Waals surface area (Å²) in [4.78, 5) is 16.0. The molecule has 0 saturated heterocycles. The molecule has 1 amide bonds. The fourth-order valence-electron chi connectivity index (χ4n) is 1.88. The zero-order valence-electron chi connectivity index (χ0n) is 10.3. The van der Waals surface area contributed by atoms with Crippen LogP contribution in [0, 0.1) is 0 Å². The Morgan fingerprint density at radius 1 is 1.30 bits per heavy atom. The first kappa shape index (κ1) is 12.6. The summed E-state index contributed by atoms with van der Waals surface area (Å²) >= 11 is 5.88. The summed E-state index contributed by atoms with van der Waals surface area (Å²) in [5.41, 5.74) is 1.23. The number of rotatable bonds is 3. The second-order valence-corrected chi connectivity index (χ2v) is 4.68. The lowest BCUT2D eigenvalue weighted by Crippen LogP contribution is -2.14. The average Bonchev–Trinajstić information content (AvgIpc) is 2.82. The molecular formula is C14H10ClN3O2. The van der Waals surface area contributed by atoms with Crippen LogP contribution >= 0.6 is 11.6 Å². The number of amides is 1. The van der Waals surface area contributed by atoms with E-state index in [1.807, 2.05) is 6.07 Å². The Kier molecular flexibility index (Phi) is 3.35. The molecule has 0 aliphatic rings. The lowest BCUT2D eigenvalue weighted by atomic mass is 10.1. The van der Waals surface area contributed by atoms with Crippen LogP contribution in [0.15, 0.2) is 47.1 Å². The number of halogens is 1. The third-order valence-electron chi connectivity index (χ3n) is 2.76. The standard InChI is InChI=1S/C14H10ClN3O2/c15-10-4-1-3-9(7-10)8-12(19)17-13-11-5-2-6-16-14(11)20-18-13/h1-7H,8H2,(H,17,18,19). The van der Waals surface area contributed by atoms with E-state index in [0.717, 1.165) is 5.56 Å². The topological polar surface area (TPSA) is 68.0 Å². The Hall–Kier alpha value is -2.40. The average molecular weight is 288 g/mol. The molecule has 0 bridgehead atoms. The number of carbonyl (C=O) groups is 1. The van der Waals surface area contributed by atoms with Crippen molar-refractivity contribution in [3.63, 3.8) is 0 Å². The molecular weight excluding hydrogens is 278 g/mol. The highest BCUT2D eigenvalue weighted by atomic mass is 35.5. The van der Waals surface area contributed by atoms with Gasteiger partial charge in [0.1, 0.15) is 0 Å². The number of aromatic nitrogens is 2. The van der Waals surface area contributed by atoms with Crippen molar-refractivity contribution in [1.29, 1.82) is 0 Å². The largest absolute Gasteiger partial charge is 0.334 e. The molecule has 3 rings (SSSR count). The van der Waals surface area contributed by atoms with Gasteiger partial charge in [-0.15, -0.1) is 0 Å². The SMILES string of the molecule is O=C(Cc1cccc(Cl)c1)Nc1noc2ncccc12. The third-order valence-corrected chi connectivity index (χ3v) is 3.00. The summed E-state index contributed by atoms with van der Waals surface area (Å²) in [5.74, 6) is 0.187. The predicted molar refractivity (Wildman–Crippen MR) is 75.6 cm³/mol. The van der Waals surface area contributed by atoms with Crippen LogP contribution in [0.25, 0.3) is 11.1 Å². The second-order valence-electron chi connectivity index (χ2n) is 4.24. The molecule has 1 N–H and O–H groups in total. The van der Waals surface area contributed by atoms with Crippen LogP contribution in [0.4, 0.5) is 5.82 Å². The van der Waals surface area contributed by atoms with E-state index in [9.17, 15) is 4.79 Å². The van der Waals surface area contributed by atoms with Crippen molar-refractivity contribution in [2.75, 3.05) is 5.32 Å². The predicted octanol–water partition coefficient (Wildman–Crippen LogP) is 3.06. The Bertz CT molecular complexity index is 770. The number of fused-ring (bicyclic) bond motifs is 1. The normalized spacial score (nSPS) is 10.7. The molecule has 0 saturated carbocycles. The van der Waals surface area contributed by atoms with Gasteiger partial charge in [-0.25, -0.2) is 4.98 Å². The van der Waals surface area contributed by atoms with Gasteiger partial charge >= 0.3 is 0 Å². The van der Waals surface area contributed by atoms with Crippen LogP contribution in [0.1, 0.15) is 5.56 Å². The van der Waals surface area contributed by atoms with Gasteiger partial charge in [0, 0.05) is 11.2 Å². The van der Waals surface area contributed by atoms with Crippen LogP contribution < -0.4 is 5.32 Å². The van der Waals surface area contributed by atoms with E-state index in [0.29, 0.717) is 21.9 Å². The number of nitrogens with one attached hydrogen (secondary N) is 1. The summed E-state index contributed by atoms with van der Waals surface area (Å²) in [5, 5.41) is 7.78. The Balaban J connectivity index is 1.76. The quantitative estimate of drug-likeness (QED) is 0.804. The molecule has 0 unspecified atom stereocenters. The molecule has 0 aliphatic carbocycles. The number of benzene rings is 1. The van der Waals surface area contributed by atoms with Gasteiger partial charge in [-0.2, -0.15) is 0 Å². The first-order valence-corrected chi connectivity index (χ1v) is 6.35. The van der Waals surface area contributed by atoms with E-state index < -0.39 is 0 Å². The Morgan fingerprint density at radius 3 is 3.05 bits per heavy atom. The summed E-state index contributed by atoms with van der Waals surface area (Å²) in [6.07, 6.45) is 1.82. The minimum atomic E-state index is -0.189. The third kappa shape index (κ3) is 2.62. The van der Waals surface area contributed by atoms with Crippen molar-refractivity contribution >= 4 is 34.4 Å². The van der Waals surface area contributed by atoms with E-state index in [4.69, 9.17) is 16.1 Å². The van der Waals surface area contributed by atoms with Crippen molar-refractivity contribution in [1.82, 2.24) is 10.1 Å². The second kappa shape index (κ2) is 5.30. The Morgan fingerprint density at radius 2 is 2.20 bits per heavy atom. The fraction of sp³-hybridized carbons (Fsp3) is 0.0714. The van der Waals surface area contributed by atoms with Crippen molar-refractivity contribution in [2.24, 2.45) is 0 Å². The Labute approximate surface area is 119 Å². The summed E-state index contributed by atoms with van der Waals surface area (Å²) in [6.45, 7) is 0. The zero-order chi connectivity index (χ0) is 13.9. The molecule has 2 aromatic heterocycles. The lowest BCUT2D eigenvalue weighted by Gasteiger charge is -2.02. The molecule has 0 atom stereocenters. The number of nitrogens with zero attached hydrogens (tertiary/aromatic N) is 2. The minimum Gasteiger partial charge on any atom is -0.334 e. The minimum absolute atomic E-state index is 0.189. The van der Waals surface area contributed by atoms with Crippen molar-refractivity contribution in [2.45, 2.75) is 6.42 Å². The van der Waals surface area contributed by atoms with Crippen molar-refractivity contribution in [3.05, 3.63) is 53.2 Å². The van der Waals surface area contributed by atoms with Crippen molar-refractivity contribution < 1.29 is 9.32 Å². The smallest absolute Gasteiger partial charge is 0.259 e. The molecule has 3 aromatic rings. The molecule has 1 aromatic carbocycles. The number of carbonyl (C=O) groups excluding carboxylic acids is 1. The van der Waals surface area contributed by atoms with Crippen LogP contribution in [-0.2, 0) is 11.2 Å². The van der Waals surface area contributed by atoms with E-state index in [1.165, 1.54) is 0 Å². The summed E-state index contributed by atoms with van der Waals surface area (Å²) < 4.78 is 5.02. The molecule has 0 aliphatic heterocycles. The molecule has 0 radical (unpaired) electrons. The van der Waals surface area contributed by atoms with Gasteiger partial charge in [-0.1, -0.05) is 28.9 Å². The maximum absolute atomic E-state index is 12.0. The van der Waals surface area contributed by atoms with E-state index in [-0.39, 0.29) is 12.3 Å². The highest BCUT2D eigenvalue weighted by Gasteiger charge is 2.12. The number of anilines is 1. The lowest BCUT2D eigenvalue weighted by molar-refractivity contribution is -0.115. The van der Waals surface area contributed by atoms with E-state index in [2.05, 4.69) is 15.5 Å². The molecule has 6 heteroatoms. The number of hydrogen-bond donors (Lipinski definition) is 1.